The SMILES string of the molecule is CC1C(Cc2cccc(-c3cc(F)cc(F)c3)c2F)CCC12CC2. The maximum atomic E-state index is 15.0. The van der Waals surface area contributed by atoms with Crippen LogP contribution in [0.4, 0.5) is 13.2 Å². The average molecular weight is 330 g/mol. The van der Waals surface area contributed by atoms with Gasteiger partial charge in [0.15, 0.2) is 0 Å². The summed E-state index contributed by atoms with van der Waals surface area (Å²) in [6, 6.07) is 8.35. The Morgan fingerprint density at radius 2 is 1.71 bits per heavy atom. The van der Waals surface area contributed by atoms with Crippen LogP contribution in [0.25, 0.3) is 11.1 Å². The minimum atomic E-state index is -0.685. The highest BCUT2D eigenvalue weighted by molar-refractivity contribution is 5.65. The Labute approximate surface area is 140 Å². The summed E-state index contributed by atoms with van der Waals surface area (Å²) in [6.45, 7) is 2.30. The van der Waals surface area contributed by atoms with Gasteiger partial charge < -0.3 is 0 Å². The van der Waals surface area contributed by atoms with Crippen LogP contribution in [0, 0.1) is 34.7 Å². The fraction of sp³-hybridized carbons (Fsp3) is 0.429. The molecule has 0 radical (unpaired) electrons. The monoisotopic (exact) mass is 330 g/mol. The van der Waals surface area contributed by atoms with Gasteiger partial charge in [0, 0.05) is 11.6 Å². The van der Waals surface area contributed by atoms with Crippen molar-refractivity contribution in [2.24, 2.45) is 17.3 Å². The zero-order valence-electron chi connectivity index (χ0n) is 13.8. The predicted molar refractivity (Wildman–Crippen MR) is 89.0 cm³/mol. The number of hydrogen-bond donors (Lipinski definition) is 0. The molecule has 0 N–H and O–H groups in total. The largest absolute Gasteiger partial charge is 0.207 e. The summed E-state index contributed by atoms with van der Waals surface area (Å²) in [7, 11) is 0. The van der Waals surface area contributed by atoms with Gasteiger partial charge in [-0.25, -0.2) is 13.2 Å². The zero-order valence-corrected chi connectivity index (χ0v) is 13.8. The molecule has 2 unspecified atom stereocenters. The van der Waals surface area contributed by atoms with E-state index < -0.39 is 11.6 Å². The number of hydrogen-bond acceptors (Lipinski definition) is 0. The van der Waals surface area contributed by atoms with E-state index in [0.717, 1.165) is 12.5 Å². The van der Waals surface area contributed by atoms with E-state index in [1.165, 1.54) is 31.4 Å². The Morgan fingerprint density at radius 3 is 2.33 bits per heavy atom. The Kier molecular flexibility index (Phi) is 3.70. The highest BCUT2D eigenvalue weighted by atomic mass is 19.1. The summed E-state index contributed by atoms with van der Waals surface area (Å²) < 4.78 is 41.9. The van der Waals surface area contributed by atoms with Crippen LogP contribution in [-0.4, -0.2) is 0 Å². The van der Waals surface area contributed by atoms with Crippen LogP contribution >= 0.6 is 0 Å². The van der Waals surface area contributed by atoms with Crippen LogP contribution in [0.15, 0.2) is 36.4 Å². The molecule has 0 aliphatic heterocycles. The van der Waals surface area contributed by atoms with Crippen molar-refractivity contribution in [1.29, 1.82) is 0 Å². The van der Waals surface area contributed by atoms with Crippen LogP contribution < -0.4 is 0 Å². The van der Waals surface area contributed by atoms with Crippen molar-refractivity contribution in [3.8, 4) is 11.1 Å². The summed E-state index contributed by atoms with van der Waals surface area (Å²) in [5.41, 5.74) is 1.72. The molecule has 4 rings (SSSR count). The molecule has 0 aromatic heterocycles. The lowest BCUT2D eigenvalue weighted by Crippen LogP contribution is -2.14. The fourth-order valence-corrected chi connectivity index (χ4v) is 4.55. The van der Waals surface area contributed by atoms with Gasteiger partial charge in [-0.15, -0.1) is 0 Å². The van der Waals surface area contributed by atoms with Gasteiger partial charge in [-0.1, -0.05) is 25.1 Å². The third-order valence-electron chi connectivity index (χ3n) is 6.31. The molecule has 24 heavy (non-hydrogen) atoms. The molecule has 2 aliphatic rings. The van der Waals surface area contributed by atoms with Crippen molar-refractivity contribution in [2.75, 3.05) is 0 Å². The van der Waals surface area contributed by atoms with Gasteiger partial charge in [-0.2, -0.15) is 0 Å². The summed E-state index contributed by atoms with van der Waals surface area (Å²) in [4.78, 5) is 0. The van der Waals surface area contributed by atoms with Crippen LogP contribution in [0.1, 0.15) is 38.2 Å². The first-order valence-electron chi connectivity index (χ1n) is 8.72. The highest BCUT2D eigenvalue weighted by Gasteiger charge is 2.53. The van der Waals surface area contributed by atoms with Gasteiger partial charge in [0.1, 0.15) is 17.5 Å². The van der Waals surface area contributed by atoms with E-state index in [4.69, 9.17) is 0 Å². The molecule has 0 saturated heterocycles. The van der Waals surface area contributed by atoms with Crippen molar-refractivity contribution in [3.05, 3.63) is 59.4 Å². The van der Waals surface area contributed by atoms with E-state index in [2.05, 4.69) is 6.92 Å². The molecule has 0 bridgehead atoms. The molecule has 0 amide bonds. The lowest BCUT2D eigenvalue weighted by atomic mass is 9.84. The van der Waals surface area contributed by atoms with Crippen LogP contribution in [-0.2, 0) is 6.42 Å². The Hall–Kier alpha value is -1.77. The minimum absolute atomic E-state index is 0.255. The molecule has 0 nitrogen and oxygen atoms in total. The van der Waals surface area contributed by atoms with Crippen molar-refractivity contribution in [2.45, 2.75) is 39.0 Å². The minimum Gasteiger partial charge on any atom is -0.207 e. The van der Waals surface area contributed by atoms with Gasteiger partial charge in [-0.05, 0) is 72.6 Å². The summed E-state index contributed by atoms with van der Waals surface area (Å²) >= 11 is 0. The van der Waals surface area contributed by atoms with Crippen molar-refractivity contribution < 1.29 is 13.2 Å². The van der Waals surface area contributed by atoms with E-state index in [0.29, 0.717) is 29.2 Å². The fourth-order valence-electron chi connectivity index (χ4n) is 4.55. The summed E-state index contributed by atoms with van der Waals surface area (Å²) in [5.74, 6) is -0.579. The number of benzene rings is 2. The quantitative estimate of drug-likeness (QED) is 0.634. The highest BCUT2D eigenvalue weighted by Crippen LogP contribution is 2.63. The Morgan fingerprint density at radius 1 is 1.00 bits per heavy atom. The van der Waals surface area contributed by atoms with Crippen molar-refractivity contribution in [1.82, 2.24) is 0 Å². The van der Waals surface area contributed by atoms with Gasteiger partial charge in [0.05, 0.1) is 0 Å². The molecule has 2 atom stereocenters. The maximum Gasteiger partial charge on any atom is 0.134 e. The third-order valence-corrected chi connectivity index (χ3v) is 6.31. The van der Waals surface area contributed by atoms with E-state index in [1.54, 1.807) is 18.2 Å². The second-order valence-electron chi connectivity index (χ2n) is 7.59. The van der Waals surface area contributed by atoms with Gasteiger partial charge in [0.25, 0.3) is 0 Å². The molecule has 2 fully saturated rings. The van der Waals surface area contributed by atoms with Crippen molar-refractivity contribution >= 4 is 0 Å². The van der Waals surface area contributed by atoms with E-state index in [-0.39, 0.29) is 16.9 Å². The average Bonchev–Trinajstić information content (AvgIpc) is 3.26. The van der Waals surface area contributed by atoms with Gasteiger partial charge in [-0.3, -0.25) is 0 Å². The molecule has 2 aromatic carbocycles. The van der Waals surface area contributed by atoms with E-state index in [9.17, 15) is 13.2 Å². The molecule has 3 heteroatoms. The van der Waals surface area contributed by atoms with E-state index >= 15 is 0 Å². The zero-order chi connectivity index (χ0) is 16.9. The lowest BCUT2D eigenvalue weighted by Gasteiger charge is -2.21. The maximum absolute atomic E-state index is 15.0. The van der Waals surface area contributed by atoms with Gasteiger partial charge >= 0.3 is 0 Å². The molecule has 2 aromatic rings. The molecule has 0 heterocycles. The second kappa shape index (κ2) is 5.65. The molecule has 2 saturated carbocycles. The Balaban J connectivity index is 1.63. The van der Waals surface area contributed by atoms with Gasteiger partial charge in [0.2, 0.25) is 0 Å². The first kappa shape index (κ1) is 15.7. The van der Waals surface area contributed by atoms with Crippen LogP contribution in [0.2, 0.25) is 0 Å². The number of rotatable bonds is 3. The molecular weight excluding hydrogens is 309 g/mol. The smallest absolute Gasteiger partial charge is 0.134 e. The molecular formula is C21H21F3. The molecule has 1 spiro atoms. The first-order valence-corrected chi connectivity index (χ1v) is 8.72. The van der Waals surface area contributed by atoms with E-state index in [1.807, 2.05) is 0 Å². The molecule has 126 valence electrons. The normalized spacial score (nSPS) is 24.5. The topological polar surface area (TPSA) is 0 Å². The second-order valence-corrected chi connectivity index (χ2v) is 7.59. The van der Waals surface area contributed by atoms with Crippen molar-refractivity contribution in [3.63, 3.8) is 0 Å². The summed E-state index contributed by atoms with van der Waals surface area (Å²) in [5, 5.41) is 0. The standard InChI is InChI=1S/C21H21F3/c1-13-14(5-6-21(13)7-8-21)9-15-3-2-4-19(20(15)24)16-10-17(22)12-18(23)11-16/h2-4,10-14H,5-9H2,1H3. The molecule has 2 aliphatic carbocycles. The first-order chi connectivity index (χ1) is 11.5. The summed E-state index contributed by atoms with van der Waals surface area (Å²) in [6.07, 6.45) is 5.75. The Bertz CT molecular complexity index is 756. The van der Waals surface area contributed by atoms with Crippen LogP contribution in [0.3, 0.4) is 0 Å². The lowest BCUT2D eigenvalue weighted by molar-refractivity contribution is 0.317. The number of halogens is 3. The van der Waals surface area contributed by atoms with Crippen LogP contribution in [0.5, 0.6) is 0 Å². The predicted octanol–water partition coefficient (Wildman–Crippen LogP) is 6.14. The third kappa shape index (κ3) is 2.64.